The lowest BCUT2D eigenvalue weighted by molar-refractivity contribution is -0.148. The highest BCUT2D eigenvalue weighted by molar-refractivity contribution is 5.92. The number of fused-ring (bicyclic) bond motifs is 2. The summed E-state index contributed by atoms with van der Waals surface area (Å²) in [5.74, 6) is 1.29. The van der Waals surface area contributed by atoms with Gasteiger partial charge in [0.25, 0.3) is 5.91 Å². The monoisotopic (exact) mass is 312 g/mol. The lowest BCUT2D eigenvalue weighted by atomic mass is 9.86. The van der Waals surface area contributed by atoms with Crippen molar-refractivity contribution < 1.29 is 14.3 Å². The quantitative estimate of drug-likeness (QED) is 0.848. The zero-order valence-corrected chi connectivity index (χ0v) is 13.0. The van der Waals surface area contributed by atoms with Crippen LogP contribution in [0, 0.1) is 29.1 Å². The molecule has 3 rings (SSSR count). The third-order valence-corrected chi connectivity index (χ3v) is 4.98. The number of rotatable bonds is 5. The topological polar surface area (TPSA) is 79.2 Å². The van der Waals surface area contributed by atoms with Crippen LogP contribution in [0.25, 0.3) is 0 Å². The minimum absolute atomic E-state index is 0.264. The molecule has 1 aromatic carbocycles. The first-order chi connectivity index (χ1) is 11.1. The van der Waals surface area contributed by atoms with Gasteiger partial charge in [0, 0.05) is 12.1 Å². The number of amides is 1. The molecular formula is C18H20N2O3. The molecule has 1 amide bonds. The highest BCUT2D eigenvalue weighted by Crippen LogP contribution is 2.49. The van der Waals surface area contributed by atoms with Gasteiger partial charge in [0.15, 0.2) is 6.61 Å². The Balaban J connectivity index is 1.40. The third kappa shape index (κ3) is 3.89. The van der Waals surface area contributed by atoms with Gasteiger partial charge in [-0.15, -0.1) is 0 Å². The lowest BCUT2D eigenvalue weighted by Gasteiger charge is -2.20. The van der Waals surface area contributed by atoms with Crippen molar-refractivity contribution in [3.8, 4) is 6.07 Å². The van der Waals surface area contributed by atoms with Crippen molar-refractivity contribution in [1.29, 1.82) is 5.26 Å². The van der Waals surface area contributed by atoms with Crippen LogP contribution in [0.5, 0.6) is 0 Å². The second-order valence-corrected chi connectivity index (χ2v) is 6.54. The summed E-state index contributed by atoms with van der Waals surface area (Å²) >= 11 is 0. The highest BCUT2D eigenvalue weighted by Gasteiger charge is 2.40. The van der Waals surface area contributed by atoms with E-state index in [4.69, 9.17) is 10.00 Å². The summed E-state index contributed by atoms with van der Waals surface area (Å²) in [6, 6.07) is 8.55. The molecule has 0 aromatic heterocycles. The molecule has 5 nitrogen and oxygen atoms in total. The first kappa shape index (κ1) is 15.5. The summed E-state index contributed by atoms with van der Waals surface area (Å²) in [6.07, 6.45) is 5.38. The number of nitriles is 1. The number of carbonyl (C=O) groups excluding carboxylic acids is 2. The summed E-state index contributed by atoms with van der Waals surface area (Å²) < 4.78 is 5.09. The summed E-state index contributed by atoms with van der Waals surface area (Å²) in [6.45, 7) is -0.264. The van der Waals surface area contributed by atoms with E-state index in [1.165, 1.54) is 19.3 Å². The molecule has 0 radical (unpaired) electrons. The summed E-state index contributed by atoms with van der Waals surface area (Å²) in [7, 11) is 0. The summed E-state index contributed by atoms with van der Waals surface area (Å²) in [5, 5.41) is 11.4. The maximum absolute atomic E-state index is 11.9. The number of benzene rings is 1. The van der Waals surface area contributed by atoms with Gasteiger partial charge in [-0.05, 0) is 61.3 Å². The van der Waals surface area contributed by atoms with Crippen LogP contribution < -0.4 is 5.32 Å². The number of nitrogens with zero attached hydrogens (tertiary/aromatic N) is 1. The van der Waals surface area contributed by atoms with Crippen molar-refractivity contribution >= 4 is 17.6 Å². The lowest BCUT2D eigenvalue weighted by Crippen LogP contribution is -2.23. The molecule has 0 saturated heterocycles. The number of anilines is 1. The van der Waals surface area contributed by atoms with E-state index in [0.717, 1.165) is 12.3 Å². The molecule has 0 aliphatic heterocycles. The van der Waals surface area contributed by atoms with E-state index < -0.39 is 0 Å². The molecule has 2 bridgehead atoms. The summed E-state index contributed by atoms with van der Waals surface area (Å²) in [5.41, 5.74) is 1.11. The van der Waals surface area contributed by atoms with Crippen molar-refractivity contribution in [2.75, 3.05) is 11.9 Å². The van der Waals surface area contributed by atoms with Gasteiger partial charge >= 0.3 is 5.97 Å². The Kier molecular flexibility index (Phi) is 4.61. The van der Waals surface area contributed by atoms with Gasteiger partial charge in [0.2, 0.25) is 0 Å². The van der Waals surface area contributed by atoms with Gasteiger partial charge in [-0.25, -0.2) is 0 Å². The molecule has 5 heteroatoms. The number of esters is 1. The van der Waals surface area contributed by atoms with Crippen molar-refractivity contribution in [2.24, 2.45) is 17.8 Å². The van der Waals surface area contributed by atoms with E-state index in [1.807, 2.05) is 6.07 Å². The van der Waals surface area contributed by atoms with Crippen molar-refractivity contribution in [3.05, 3.63) is 29.8 Å². The predicted molar refractivity (Wildman–Crippen MR) is 84.3 cm³/mol. The molecule has 0 spiro atoms. The molecular weight excluding hydrogens is 292 g/mol. The predicted octanol–water partition coefficient (Wildman–Crippen LogP) is 2.87. The SMILES string of the molecule is N#Cc1ccc(NC(=O)COC(=O)CC2CC3CCC2C3)cc1. The molecule has 1 aromatic rings. The number of carbonyl (C=O) groups is 2. The fourth-order valence-corrected chi connectivity index (χ4v) is 3.87. The number of ether oxygens (including phenoxy) is 1. The van der Waals surface area contributed by atoms with E-state index in [9.17, 15) is 9.59 Å². The fourth-order valence-electron chi connectivity index (χ4n) is 3.87. The second kappa shape index (κ2) is 6.82. The maximum Gasteiger partial charge on any atom is 0.306 e. The minimum atomic E-state index is -0.365. The Morgan fingerprint density at radius 2 is 2.00 bits per heavy atom. The molecule has 120 valence electrons. The van der Waals surface area contributed by atoms with E-state index in [2.05, 4.69) is 5.32 Å². The number of hydrogen-bond donors (Lipinski definition) is 1. The van der Waals surface area contributed by atoms with E-state index >= 15 is 0 Å². The molecule has 3 atom stereocenters. The number of hydrogen-bond acceptors (Lipinski definition) is 4. The molecule has 3 unspecified atom stereocenters. The Hall–Kier alpha value is -2.35. The first-order valence-electron chi connectivity index (χ1n) is 8.09. The van der Waals surface area contributed by atoms with E-state index in [1.54, 1.807) is 24.3 Å². The van der Waals surface area contributed by atoms with Crippen molar-refractivity contribution in [3.63, 3.8) is 0 Å². The maximum atomic E-state index is 11.9. The van der Waals surface area contributed by atoms with Gasteiger partial charge in [-0.2, -0.15) is 5.26 Å². The van der Waals surface area contributed by atoms with E-state index in [-0.39, 0.29) is 18.5 Å². The van der Waals surface area contributed by atoms with Crippen molar-refractivity contribution in [1.82, 2.24) is 0 Å². The average molecular weight is 312 g/mol. The Labute approximate surface area is 135 Å². The van der Waals surface area contributed by atoms with Gasteiger partial charge in [-0.3, -0.25) is 9.59 Å². The average Bonchev–Trinajstić information content (AvgIpc) is 3.16. The standard InChI is InChI=1S/C18H20N2O3/c19-10-12-2-5-16(6-3-12)20-17(21)11-23-18(22)9-15-8-13-1-4-14(15)7-13/h2-3,5-6,13-15H,1,4,7-9,11H2,(H,20,21). The molecule has 23 heavy (non-hydrogen) atoms. The molecule has 2 fully saturated rings. The van der Waals surface area contributed by atoms with Gasteiger partial charge < -0.3 is 10.1 Å². The summed E-state index contributed by atoms with van der Waals surface area (Å²) in [4.78, 5) is 23.7. The normalized spacial score (nSPS) is 24.9. The molecule has 2 saturated carbocycles. The van der Waals surface area contributed by atoms with Crippen LogP contribution in [0.1, 0.15) is 37.7 Å². The van der Waals surface area contributed by atoms with Crippen LogP contribution in [-0.2, 0) is 14.3 Å². The molecule has 1 N–H and O–H groups in total. The zero-order chi connectivity index (χ0) is 16.2. The van der Waals surface area contributed by atoms with Crippen molar-refractivity contribution in [2.45, 2.75) is 32.1 Å². The number of nitrogens with one attached hydrogen (secondary N) is 1. The van der Waals surface area contributed by atoms with Crippen LogP contribution in [0.15, 0.2) is 24.3 Å². The second-order valence-electron chi connectivity index (χ2n) is 6.54. The molecule has 2 aliphatic carbocycles. The van der Waals surface area contributed by atoms with Gasteiger partial charge in [-0.1, -0.05) is 6.42 Å². The largest absolute Gasteiger partial charge is 0.456 e. The van der Waals surface area contributed by atoms with E-state index in [0.29, 0.717) is 29.5 Å². The minimum Gasteiger partial charge on any atom is -0.456 e. The van der Waals surface area contributed by atoms with Crippen LogP contribution >= 0.6 is 0 Å². The van der Waals surface area contributed by atoms with Crippen LogP contribution in [0.3, 0.4) is 0 Å². The molecule has 2 aliphatic rings. The van der Waals surface area contributed by atoms with Crippen LogP contribution in [0.4, 0.5) is 5.69 Å². The van der Waals surface area contributed by atoms with Crippen LogP contribution in [-0.4, -0.2) is 18.5 Å². The Bertz CT molecular complexity index is 633. The van der Waals surface area contributed by atoms with Crippen LogP contribution in [0.2, 0.25) is 0 Å². The Morgan fingerprint density at radius 1 is 1.22 bits per heavy atom. The molecule has 0 heterocycles. The van der Waals surface area contributed by atoms with Gasteiger partial charge in [0.05, 0.1) is 11.6 Å². The van der Waals surface area contributed by atoms with Gasteiger partial charge in [0.1, 0.15) is 0 Å². The smallest absolute Gasteiger partial charge is 0.306 e. The highest BCUT2D eigenvalue weighted by atomic mass is 16.5. The fraction of sp³-hybridized carbons (Fsp3) is 0.500. The zero-order valence-electron chi connectivity index (χ0n) is 13.0. The Morgan fingerprint density at radius 3 is 2.61 bits per heavy atom. The third-order valence-electron chi connectivity index (χ3n) is 4.98. The first-order valence-corrected chi connectivity index (χ1v) is 8.09.